The maximum Gasteiger partial charge on any atom is 0.143 e. The smallest absolute Gasteiger partial charge is 0.143 e. The summed E-state index contributed by atoms with van der Waals surface area (Å²) in [5.41, 5.74) is 3.07. The Morgan fingerprint density at radius 3 is 2.86 bits per heavy atom. The number of aliphatic hydroxyl groups excluding tert-OH is 1. The lowest BCUT2D eigenvalue weighted by Gasteiger charge is -2.27. The van der Waals surface area contributed by atoms with Gasteiger partial charge < -0.3 is 5.11 Å². The number of aliphatic hydroxyl groups is 1. The summed E-state index contributed by atoms with van der Waals surface area (Å²) < 4.78 is 14.5. The summed E-state index contributed by atoms with van der Waals surface area (Å²) in [6, 6.07) is 13.5. The van der Waals surface area contributed by atoms with Gasteiger partial charge in [0.25, 0.3) is 0 Å². The molecule has 0 aliphatic heterocycles. The molecule has 0 radical (unpaired) electrons. The monoisotopic (exact) mass is 348 g/mol. The van der Waals surface area contributed by atoms with E-state index in [-0.39, 0.29) is 5.82 Å². The molecule has 3 heteroatoms. The molecule has 0 amide bonds. The highest BCUT2D eigenvalue weighted by molar-refractivity contribution is 9.10. The fourth-order valence-corrected chi connectivity index (χ4v) is 3.66. The number of benzene rings is 2. The summed E-state index contributed by atoms with van der Waals surface area (Å²) in [4.78, 5) is 0. The van der Waals surface area contributed by atoms with Crippen molar-refractivity contribution in [3.63, 3.8) is 0 Å². The number of hydrogen-bond acceptors (Lipinski definition) is 1. The van der Waals surface area contributed by atoms with Crippen molar-refractivity contribution in [3.05, 3.63) is 69.4 Å². The fourth-order valence-electron chi connectivity index (χ4n) is 3.27. The molecule has 2 aromatic rings. The van der Waals surface area contributed by atoms with E-state index in [1.807, 2.05) is 6.07 Å². The molecule has 110 valence electrons. The van der Waals surface area contributed by atoms with E-state index < -0.39 is 6.10 Å². The Labute approximate surface area is 132 Å². The van der Waals surface area contributed by atoms with Crippen molar-refractivity contribution < 1.29 is 9.50 Å². The number of hydrogen-bond donors (Lipinski definition) is 1. The van der Waals surface area contributed by atoms with Gasteiger partial charge in [-0.3, -0.25) is 0 Å². The Balaban J connectivity index is 1.83. The van der Waals surface area contributed by atoms with Crippen LogP contribution in [0.5, 0.6) is 0 Å². The molecule has 0 aromatic heterocycles. The lowest BCUT2D eigenvalue weighted by atomic mass is 9.79. The molecule has 2 unspecified atom stereocenters. The van der Waals surface area contributed by atoms with Crippen molar-refractivity contribution in [2.24, 2.45) is 0 Å². The largest absolute Gasteiger partial charge is 0.388 e. The van der Waals surface area contributed by atoms with E-state index in [2.05, 4.69) is 34.1 Å². The molecule has 1 N–H and O–H groups in total. The zero-order valence-corrected chi connectivity index (χ0v) is 13.3. The van der Waals surface area contributed by atoms with Gasteiger partial charge in [-0.15, -0.1) is 0 Å². The van der Waals surface area contributed by atoms with E-state index in [1.54, 1.807) is 18.2 Å². The summed E-state index contributed by atoms with van der Waals surface area (Å²) in [6.07, 6.45) is 3.11. The Hall–Kier alpha value is -1.19. The van der Waals surface area contributed by atoms with Gasteiger partial charge in [-0.2, -0.15) is 0 Å². The van der Waals surface area contributed by atoms with E-state index >= 15 is 0 Å². The summed E-state index contributed by atoms with van der Waals surface area (Å²) in [5, 5.41) is 10.4. The van der Waals surface area contributed by atoms with Gasteiger partial charge in [-0.05, 0) is 64.7 Å². The molecule has 0 saturated heterocycles. The highest BCUT2D eigenvalue weighted by Crippen LogP contribution is 2.38. The maximum absolute atomic E-state index is 14.1. The van der Waals surface area contributed by atoms with Crippen LogP contribution in [0, 0.1) is 5.82 Å². The van der Waals surface area contributed by atoms with Crippen LogP contribution in [0.4, 0.5) is 4.39 Å². The van der Waals surface area contributed by atoms with Crippen LogP contribution in [0.1, 0.15) is 48.0 Å². The molecule has 2 atom stereocenters. The predicted molar refractivity (Wildman–Crippen MR) is 85.8 cm³/mol. The van der Waals surface area contributed by atoms with Crippen LogP contribution in [0.15, 0.2) is 46.9 Å². The number of fused-ring (bicyclic) bond motifs is 1. The normalized spacial score (nSPS) is 19.1. The van der Waals surface area contributed by atoms with Crippen molar-refractivity contribution in [2.75, 3.05) is 0 Å². The van der Waals surface area contributed by atoms with Gasteiger partial charge in [-0.1, -0.05) is 36.4 Å². The second kappa shape index (κ2) is 6.29. The number of aryl methyl sites for hydroxylation is 1. The Morgan fingerprint density at radius 2 is 2.00 bits per heavy atom. The quantitative estimate of drug-likeness (QED) is 0.814. The van der Waals surface area contributed by atoms with E-state index in [4.69, 9.17) is 0 Å². The first-order chi connectivity index (χ1) is 10.2. The molecular formula is C18H18BrFO. The summed E-state index contributed by atoms with van der Waals surface area (Å²) in [6.45, 7) is 0. The first kappa shape index (κ1) is 14.7. The van der Waals surface area contributed by atoms with Gasteiger partial charge >= 0.3 is 0 Å². The first-order valence-electron chi connectivity index (χ1n) is 7.36. The second-order valence-corrected chi connectivity index (χ2v) is 6.54. The van der Waals surface area contributed by atoms with E-state index in [1.165, 1.54) is 11.1 Å². The zero-order chi connectivity index (χ0) is 14.8. The minimum absolute atomic E-state index is 0.309. The molecule has 0 spiro atoms. The Bertz CT molecular complexity index is 641. The van der Waals surface area contributed by atoms with Crippen LogP contribution < -0.4 is 0 Å². The lowest BCUT2D eigenvalue weighted by molar-refractivity contribution is 0.149. The average molecular weight is 349 g/mol. The third-order valence-electron chi connectivity index (χ3n) is 4.34. The Kier molecular flexibility index (Phi) is 4.41. The minimum Gasteiger partial charge on any atom is -0.388 e. The van der Waals surface area contributed by atoms with Crippen LogP contribution in [-0.2, 0) is 6.42 Å². The average Bonchev–Trinajstić information content (AvgIpc) is 2.50. The van der Waals surface area contributed by atoms with Gasteiger partial charge in [0.05, 0.1) is 10.6 Å². The van der Waals surface area contributed by atoms with E-state index in [9.17, 15) is 9.50 Å². The molecule has 1 aliphatic rings. The van der Waals surface area contributed by atoms with Crippen molar-refractivity contribution in [1.29, 1.82) is 0 Å². The standard InChI is InChI=1S/C18H18BrFO/c19-16-10-4-9-15(18(16)20)17(21)11-13-7-3-6-12-5-1-2-8-14(12)13/h1-2,4-5,8-10,13,17,21H,3,6-7,11H2. The van der Waals surface area contributed by atoms with Crippen LogP contribution in [-0.4, -0.2) is 5.11 Å². The van der Waals surface area contributed by atoms with Gasteiger partial charge in [0.1, 0.15) is 5.82 Å². The fraction of sp³-hybridized carbons (Fsp3) is 0.333. The minimum atomic E-state index is -0.765. The lowest BCUT2D eigenvalue weighted by Crippen LogP contribution is -2.13. The van der Waals surface area contributed by atoms with Gasteiger partial charge in [0.15, 0.2) is 0 Å². The Morgan fingerprint density at radius 1 is 1.19 bits per heavy atom. The molecule has 1 nitrogen and oxygen atoms in total. The highest BCUT2D eigenvalue weighted by atomic mass is 79.9. The SMILES string of the molecule is OC(CC1CCCc2ccccc21)c1cccc(Br)c1F. The molecule has 2 aromatic carbocycles. The van der Waals surface area contributed by atoms with Gasteiger partial charge in [-0.25, -0.2) is 4.39 Å². The van der Waals surface area contributed by atoms with E-state index in [0.717, 1.165) is 19.3 Å². The summed E-state index contributed by atoms with van der Waals surface area (Å²) in [7, 11) is 0. The molecular weight excluding hydrogens is 331 g/mol. The second-order valence-electron chi connectivity index (χ2n) is 5.68. The number of halogens is 2. The molecule has 21 heavy (non-hydrogen) atoms. The molecule has 1 aliphatic carbocycles. The summed E-state index contributed by atoms with van der Waals surface area (Å²) >= 11 is 3.18. The molecule has 0 fully saturated rings. The number of rotatable bonds is 3. The zero-order valence-electron chi connectivity index (χ0n) is 11.7. The van der Waals surface area contributed by atoms with Crippen molar-refractivity contribution in [3.8, 4) is 0 Å². The molecule has 0 saturated carbocycles. The topological polar surface area (TPSA) is 20.2 Å². The van der Waals surface area contributed by atoms with E-state index in [0.29, 0.717) is 22.4 Å². The van der Waals surface area contributed by atoms with Crippen molar-refractivity contribution in [1.82, 2.24) is 0 Å². The van der Waals surface area contributed by atoms with Crippen LogP contribution in [0.2, 0.25) is 0 Å². The molecule has 0 heterocycles. The summed E-state index contributed by atoms with van der Waals surface area (Å²) in [5.74, 6) is -0.0440. The van der Waals surface area contributed by atoms with Crippen LogP contribution in [0.3, 0.4) is 0 Å². The first-order valence-corrected chi connectivity index (χ1v) is 8.16. The van der Waals surface area contributed by atoms with Gasteiger partial charge in [0.2, 0.25) is 0 Å². The molecule has 0 bridgehead atoms. The van der Waals surface area contributed by atoms with Crippen LogP contribution in [0.25, 0.3) is 0 Å². The third kappa shape index (κ3) is 3.04. The maximum atomic E-state index is 14.1. The molecule has 3 rings (SSSR count). The third-order valence-corrected chi connectivity index (χ3v) is 4.95. The highest BCUT2D eigenvalue weighted by Gasteiger charge is 2.24. The van der Waals surface area contributed by atoms with Crippen molar-refractivity contribution >= 4 is 15.9 Å². The van der Waals surface area contributed by atoms with Crippen molar-refractivity contribution in [2.45, 2.75) is 37.7 Å². The van der Waals surface area contributed by atoms with Gasteiger partial charge in [0, 0.05) is 5.56 Å². The predicted octanol–water partition coefficient (Wildman–Crippen LogP) is 5.13. The van der Waals surface area contributed by atoms with Crippen LogP contribution >= 0.6 is 15.9 Å².